The van der Waals surface area contributed by atoms with Gasteiger partial charge in [0, 0.05) is 11.1 Å². The normalized spacial score (nSPS) is 15.7. The Hall–Kier alpha value is -3.53. The third kappa shape index (κ3) is 3.76. The van der Waals surface area contributed by atoms with Gasteiger partial charge in [0.15, 0.2) is 0 Å². The molecule has 0 aliphatic heterocycles. The molecule has 1 heterocycles. The minimum Gasteiger partial charge on any atom is -0.405 e. The molecule has 0 radical (unpaired) electrons. The molecule has 28 heavy (non-hydrogen) atoms. The minimum atomic E-state index is -0.634. The second-order valence-electron chi connectivity index (χ2n) is 6.55. The fourth-order valence-corrected chi connectivity index (χ4v) is 3.08. The van der Waals surface area contributed by atoms with Crippen molar-refractivity contribution in [2.24, 2.45) is 5.73 Å². The Kier molecular flexibility index (Phi) is 5.50. The number of anilines is 1. The number of rotatable bonds is 6. The van der Waals surface area contributed by atoms with Gasteiger partial charge in [-0.05, 0) is 67.9 Å². The monoisotopic (exact) mass is 379 g/mol. The van der Waals surface area contributed by atoms with E-state index in [2.05, 4.69) is 22.1 Å². The van der Waals surface area contributed by atoms with E-state index in [1.807, 2.05) is 6.07 Å². The second kappa shape index (κ2) is 8.01. The zero-order valence-corrected chi connectivity index (χ0v) is 15.1. The average molecular weight is 379 g/mol. The molecule has 1 saturated carbocycles. The van der Waals surface area contributed by atoms with Crippen LogP contribution in [0, 0.1) is 17.1 Å². The summed E-state index contributed by atoms with van der Waals surface area (Å²) in [6.45, 7) is 3.88. The first-order chi connectivity index (χ1) is 13.5. The average Bonchev–Trinajstić information content (AvgIpc) is 2.69. The number of nitrogens with one attached hydrogen (secondary N) is 1. The van der Waals surface area contributed by atoms with Gasteiger partial charge in [-0.15, -0.1) is 10.2 Å². The van der Waals surface area contributed by atoms with Crippen LogP contribution >= 0.6 is 0 Å². The van der Waals surface area contributed by atoms with Crippen LogP contribution in [-0.4, -0.2) is 15.7 Å². The zero-order chi connectivity index (χ0) is 20.1. The lowest BCUT2D eigenvalue weighted by Crippen LogP contribution is -2.47. The molecule has 0 unspecified atom stereocenters. The van der Waals surface area contributed by atoms with Gasteiger partial charge in [0.05, 0.1) is 22.9 Å². The van der Waals surface area contributed by atoms with Gasteiger partial charge in [-0.2, -0.15) is 5.26 Å². The van der Waals surface area contributed by atoms with Gasteiger partial charge >= 0.3 is 0 Å². The Morgan fingerprint density at radius 1 is 1.29 bits per heavy atom. The summed E-state index contributed by atoms with van der Waals surface area (Å²) in [6.07, 6.45) is 6.28. The number of nitriles is 1. The quantitative estimate of drug-likeness (QED) is 0.728. The van der Waals surface area contributed by atoms with E-state index in [9.17, 15) is 8.78 Å². The molecule has 1 aliphatic rings. The maximum atomic E-state index is 14.3. The van der Waals surface area contributed by atoms with E-state index in [4.69, 9.17) is 11.0 Å². The molecule has 5 nitrogen and oxygen atoms in total. The maximum absolute atomic E-state index is 14.3. The molecular formula is C21H19F2N5. The lowest BCUT2D eigenvalue weighted by Gasteiger charge is -2.44. The fraction of sp³-hybridized carbons (Fsp3) is 0.190. The van der Waals surface area contributed by atoms with Gasteiger partial charge in [0.25, 0.3) is 0 Å². The van der Waals surface area contributed by atoms with Crippen molar-refractivity contribution in [1.29, 1.82) is 5.26 Å². The summed E-state index contributed by atoms with van der Waals surface area (Å²) in [6, 6.07) is 9.27. The Morgan fingerprint density at radius 3 is 2.64 bits per heavy atom. The molecule has 1 aliphatic carbocycles. The van der Waals surface area contributed by atoms with Crippen LogP contribution in [0.25, 0.3) is 11.3 Å². The second-order valence-corrected chi connectivity index (χ2v) is 6.55. The maximum Gasteiger partial charge on any atom is 0.149 e. The number of hydrogen-bond acceptors (Lipinski definition) is 5. The third-order valence-corrected chi connectivity index (χ3v) is 4.83. The fourth-order valence-electron chi connectivity index (χ4n) is 3.08. The Labute approximate surface area is 161 Å². The van der Waals surface area contributed by atoms with Crippen molar-refractivity contribution in [2.75, 3.05) is 5.32 Å². The molecule has 0 bridgehead atoms. The van der Waals surface area contributed by atoms with Gasteiger partial charge in [-0.1, -0.05) is 6.58 Å². The molecule has 3 rings (SSSR count). The zero-order valence-electron chi connectivity index (χ0n) is 15.1. The van der Waals surface area contributed by atoms with Crippen molar-refractivity contribution >= 4 is 5.82 Å². The van der Waals surface area contributed by atoms with Crippen LogP contribution in [0.5, 0.6) is 0 Å². The third-order valence-electron chi connectivity index (χ3n) is 4.83. The van der Waals surface area contributed by atoms with Gasteiger partial charge in [0.2, 0.25) is 0 Å². The van der Waals surface area contributed by atoms with Crippen molar-refractivity contribution in [3.8, 4) is 17.3 Å². The standard InChI is InChI=1S/C21H19F2N5/c1-14(17(22)4-2-11-24)21(9-3-10-21)26-20-8-7-19(27-28-20)16-12-15(13-25)5-6-18(16)23/h2,4-8,11-12H,1,3,9-10,24H2,(H,26,28)/b11-2-,17-4+. The van der Waals surface area contributed by atoms with Crippen LogP contribution in [0.2, 0.25) is 0 Å². The molecule has 2 aromatic rings. The Balaban J connectivity index is 1.82. The molecule has 0 atom stereocenters. The van der Waals surface area contributed by atoms with Gasteiger partial charge in [-0.3, -0.25) is 0 Å². The molecule has 1 aromatic heterocycles. The van der Waals surface area contributed by atoms with Crippen LogP contribution < -0.4 is 11.1 Å². The molecule has 142 valence electrons. The summed E-state index contributed by atoms with van der Waals surface area (Å²) in [4.78, 5) is 0. The number of allylic oxidation sites excluding steroid dienone is 2. The van der Waals surface area contributed by atoms with E-state index in [0.29, 0.717) is 35.5 Å². The minimum absolute atomic E-state index is 0.198. The highest BCUT2D eigenvalue weighted by atomic mass is 19.1. The van der Waals surface area contributed by atoms with Crippen molar-refractivity contribution < 1.29 is 8.78 Å². The van der Waals surface area contributed by atoms with Crippen molar-refractivity contribution in [2.45, 2.75) is 24.8 Å². The number of aromatic nitrogens is 2. The largest absolute Gasteiger partial charge is 0.405 e. The Bertz CT molecular complexity index is 983. The predicted molar refractivity (Wildman–Crippen MR) is 104 cm³/mol. The van der Waals surface area contributed by atoms with Crippen LogP contribution in [0.3, 0.4) is 0 Å². The van der Waals surface area contributed by atoms with Crippen LogP contribution in [0.4, 0.5) is 14.6 Å². The van der Waals surface area contributed by atoms with Gasteiger partial charge < -0.3 is 11.1 Å². The first-order valence-electron chi connectivity index (χ1n) is 8.75. The molecule has 3 N–H and O–H groups in total. The number of hydrogen-bond donors (Lipinski definition) is 2. The van der Waals surface area contributed by atoms with Gasteiger partial charge in [0.1, 0.15) is 17.5 Å². The lowest BCUT2D eigenvalue weighted by atomic mass is 9.71. The lowest BCUT2D eigenvalue weighted by molar-refractivity contribution is 0.322. The summed E-state index contributed by atoms with van der Waals surface area (Å²) in [7, 11) is 0. The van der Waals surface area contributed by atoms with E-state index in [-0.39, 0.29) is 5.56 Å². The van der Waals surface area contributed by atoms with Crippen LogP contribution in [-0.2, 0) is 0 Å². The molecular weight excluding hydrogens is 360 g/mol. The predicted octanol–water partition coefficient (Wildman–Crippen LogP) is 4.37. The highest BCUT2D eigenvalue weighted by molar-refractivity contribution is 5.63. The molecule has 7 heteroatoms. The van der Waals surface area contributed by atoms with Crippen molar-refractivity contribution in [3.05, 3.63) is 78.0 Å². The molecule has 0 amide bonds. The summed E-state index contributed by atoms with van der Waals surface area (Å²) < 4.78 is 28.4. The van der Waals surface area contributed by atoms with E-state index < -0.39 is 17.2 Å². The number of benzene rings is 1. The molecule has 0 spiro atoms. The molecule has 1 fully saturated rings. The van der Waals surface area contributed by atoms with E-state index in [1.165, 1.54) is 36.6 Å². The molecule has 0 saturated heterocycles. The van der Waals surface area contributed by atoms with Gasteiger partial charge in [-0.25, -0.2) is 8.78 Å². The summed E-state index contributed by atoms with van der Waals surface area (Å²) >= 11 is 0. The van der Waals surface area contributed by atoms with Crippen molar-refractivity contribution in [3.63, 3.8) is 0 Å². The number of nitrogens with zero attached hydrogens (tertiary/aromatic N) is 3. The smallest absolute Gasteiger partial charge is 0.149 e. The van der Waals surface area contributed by atoms with E-state index in [1.54, 1.807) is 12.1 Å². The van der Waals surface area contributed by atoms with E-state index in [0.717, 1.165) is 6.42 Å². The number of nitrogens with two attached hydrogens (primary N) is 1. The SMILES string of the molecule is C=C(/C(F)=C\C=C/N)C1(Nc2ccc(-c3cc(C#N)ccc3F)nn2)CCC1. The Morgan fingerprint density at radius 2 is 2.07 bits per heavy atom. The molecule has 1 aromatic carbocycles. The summed E-state index contributed by atoms with van der Waals surface area (Å²) in [5.41, 5.74) is 5.78. The van der Waals surface area contributed by atoms with Crippen LogP contribution in [0.15, 0.2) is 66.7 Å². The summed E-state index contributed by atoms with van der Waals surface area (Å²) in [5.74, 6) is -0.504. The highest BCUT2D eigenvalue weighted by Crippen LogP contribution is 2.43. The highest BCUT2D eigenvalue weighted by Gasteiger charge is 2.41. The topological polar surface area (TPSA) is 87.6 Å². The van der Waals surface area contributed by atoms with E-state index >= 15 is 0 Å². The van der Waals surface area contributed by atoms with Crippen molar-refractivity contribution in [1.82, 2.24) is 10.2 Å². The summed E-state index contributed by atoms with van der Waals surface area (Å²) in [5, 5.41) is 20.3. The number of halogens is 2. The first kappa shape index (κ1) is 19.2. The van der Waals surface area contributed by atoms with Crippen LogP contribution in [0.1, 0.15) is 24.8 Å². The first-order valence-corrected chi connectivity index (χ1v) is 8.75.